The maximum atomic E-state index is 13.2. The molecule has 1 unspecified atom stereocenters. The summed E-state index contributed by atoms with van der Waals surface area (Å²) in [4.78, 5) is 46.2. The topological polar surface area (TPSA) is 179 Å². The Labute approximate surface area is 235 Å². The van der Waals surface area contributed by atoms with Gasteiger partial charge in [0.25, 0.3) is 0 Å². The molecule has 2 heterocycles. The number of likely N-dealkylation sites (N-methyl/N-ethyl adjacent to an activating group) is 1. The predicted octanol–water partition coefficient (Wildman–Crippen LogP) is 0.633. The second-order valence-corrected chi connectivity index (χ2v) is 10.9. The van der Waals surface area contributed by atoms with Crippen molar-refractivity contribution in [3.63, 3.8) is 0 Å². The van der Waals surface area contributed by atoms with Crippen LogP contribution in [0.4, 0.5) is 4.79 Å². The number of ether oxygens (including phenoxy) is 2. The fraction of sp³-hybridized carbons (Fsp3) is 0.643. The molecule has 1 fully saturated rings. The van der Waals surface area contributed by atoms with Crippen molar-refractivity contribution in [2.24, 2.45) is 22.2 Å². The van der Waals surface area contributed by atoms with Crippen LogP contribution in [-0.4, -0.2) is 91.5 Å². The Kier molecular flexibility index (Phi) is 9.19. The number of nitrogens with two attached hydrogens (primary N) is 3. The zero-order valence-corrected chi connectivity index (χ0v) is 23.8. The monoisotopic (exact) mass is 557 g/mol. The van der Waals surface area contributed by atoms with E-state index in [4.69, 9.17) is 26.7 Å². The molecule has 220 valence electrons. The lowest BCUT2D eigenvalue weighted by molar-refractivity contribution is -0.134. The van der Waals surface area contributed by atoms with Crippen molar-refractivity contribution in [2.45, 2.75) is 76.0 Å². The molecule has 0 bridgehead atoms. The van der Waals surface area contributed by atoms with Gasteiger partial charge < -0.3 is 41.8 Å². The fourth-order valence-corrected chi connectivity index (χ4v) is 6.28. The van der Waals surface area contributed by atoms with Crippen molar-refractivity contribution in [3.8, 4) is 11.5 Å². The Hall–Kier alpha value is -3.38. The molecule has 2 amide bonds. The van der Waals surface area contributed by atoms with Gasteiger partial charge in [-0.05, 0) is 50.8 Å². The second-order valence-electron chi connectivity index (χ2n) is 10.9. The molecule has 2 aliphatic heterocycles. The Bertz CT molecular complexity index is 1150. The minimum absolute atomic E-state index is 0.0139. The largest absolute Gasteiger partial charge is 0.477 e. The molecule has 0 radical (unpaired) electrons. The molecule has 4 rings (SSSR count). The van der Waals surface area contributed by atoms with Crippen molar-refractivity contribution in [2.75, 3.05) is 39.8 Å². The van der Waals surface area contributed by atoms with Crippen LogP contribution in [0.2, 0.25) is 0 Å². The highest BCUT2D eigenvalue weighted by molar-refractivity contribution is 5.87. The summed E-state index contributed by atoms with van der Waals surface area (Å²) in [5.74, 6) is 0.747. The minimum Gasteiger partial charge on any atom is -0.477 e. The summed E-state index contributed by atoms with van der Waals surface area (Å²) in [5, 5.41) is 3.38. The third-order valence-corrected chi connectivity index (χ3v) is 8.53. The molecular weight excluding hydrogens is 514 g/mol. The van der Waals surface area contributed by atoms with Gasteiger partial charge in [0, 0.05) is 56.2 Å². The van der Waals surface area contributed by atoms with E-state index in [0.29, 0.717) is 63.5 Å². The second kappa shape index (κ2) is 12.4. The van der Waals surface area contributed by atoms with E-state index in [1.165, 1.54) is 0 Å². The number of carbonyl (C=O) groups is 3. The highest BCUT2D eigenvalue weighted by atomic mass is 16.6. The number of rotatable bonds is 10. The Morgan fingerprint density at radius 3 is 2.50 bits per heavy atom. The van der Waals surface area contributed by atoms with E-state index in [2.05, 4.69) is 17.2 Å². The molecule has 7 N–H and O–H groups in total. The third-order valence-electron chi connectivity index (χ3n) is 8.53. The SMILES string of the molecule is CCC(=O)C1Oc2c(OC(=O)N3CCN(C(=O)[C@@H](N)CCCN=C(N)N)CC3)ccc3c2[C@]1(CC)C[C@H](NC)C3. The molecule has 1 aromatic carbocycles. The third kappa shape index (κ3) is 5.73. The van der Waals surface area contributed by atoms with Crippen LogP contribution < -0.4 is 32.0 Å². The zero-order valence-electron chi connectivity index (χ0n) is 23.8. The first-order valence-corrected chi connectivity index (χ1v) is 14.2. The molecular formula is C28H43N7O5. The summed E-state index contributed by atoms with van der Waals surface area (Å²) < 4.78 is 12.2. The van der Waals surface area contributed by atoms with Crippen molar-refractivity contribution in [3.05, 3.63) is 23.3 Å². The van der Waals surface area contributed by atoms with E-state index < -0.39 is 23.7 Å². The lowest BCUT2D eigenvalue weighted by Gasteiger charge is -2.40. The number of aliphatic imine (C=N–C) groups is 1. The molecule has 12 heteroatoms. The fourth-order valence-electron chi connectivity index (χ4n) is 6.28. The Morgan fingerprint density at radius 2 is 1.88 bits per heavy atom. The summed E-state index contributed by atoms with van der Waals surface area (Å²) in [7, 11) is 1.94. The molecule has 1 saturated heterocycles. The maximum absolute atomic E-state index is 13.2. The van der Waals surface area contributed by atoms with Gasteiger partial charge in [-0.2, -0.15) is 0 Å². The highest BCUT2D eigenvalue weighted by Gasteiger charge is 2.55. The van der Waals surface area contributed by atoms with Crippen LogP contribution in [0, 0.1) is 0 Å². The molecule has 1 aliphatic carbocycles. The molecule has 4 atom stereocenters. The number of Topliss-reactive ketones (excluding diaryl/α,β-unsaturated/α-hetero) is 1. The number of nitrogens with one attached hydrogen (secondary N) is 1. The summed E-state index contributed by atoms with van der Waals surface area (Å²) in [6.07, 6.45) is 2.66. The van der Waals surface area contributed by atoms with Crippen LogP contribution in [0.3, 0.4) is 0 Å². The Balaban J connectivity index is 1.42. The smallest absolute Gasteiger partial charge is 0.415 e. The van der Waals surface area contributed by atoms with Crippen molar-refractivity contribution in [1.29, 1.82) is 0 Å². The van der Waals surface area contributed by atoms with Gasteiger partial charge >= 0.3 is 6.09 Å². The number of hydrogen-bond donors (Lipinski definition) is 4. The van der Waals surface area contributed by atoms with Crippen LogP contribution in [0.5, 0.6) is 11.5 Å². The molecule has 0 spiro atoms. The molecule has 0 aromatic heterocycles. The lowest BCUT2D eigenvalue weighted by atomic mass is 9.63. The Morgan fingerprint density at radius 1 is 1.18 bits per heavy atom. The molecule has 3 aliphatic rings. The van der Waals surface area contributed by atoms with Crippen LogP contribution in [0.15, 0.2) is 17.1 Å². The number of ketones is 1. The van der Waals surface area contributed by atoms with E-state index in [1.807, 2.05) is 20.0 Å². The average Bonchev–Trinajstić information content (AvgIpc) is 3.32. The summed E-state index contributed by atoms with van der Waals surface area (Å²) in [6.45, 7) is 5.73. The first-order valence-electron chi connectivity index (χ1n) is 14.2. The van der Waals surface area contributed by atoms with E-state index >= 15 is 0 Å². The number of benzene rings is 1. The normalized spacial score (nSPS) is 24.1. The number of carbonyl (C=O) groups excluding carboxylic acids is 3. The van der Waals surface area contributed by atoms with Crippen molar-refractivity contribution >= 4 is 23.7 Å². The van der Waals surface area contributed by atoms with Gasteiger partial charge in [0.1, 0.15) is 0 Å². The van der Waals surface area contributed by atoms with Gasteiger partial charge in [-0.1, -0.05) is 19.9 Å². The number of nitrogens with zero attached hydrogens (tertiary/aromatic N) is 3. The lowest BCUT2D eigenvalue weighted by Crippen LogP contribution is -2.54. The molecule has 1 aromatic rings. The molecule has 40 heavy (non-hydrogen) atoms. The number of amides is 2. The maximum Gasteiger partial charge on any atom is 0.415 e. The molecule has 12 nitrogen and oxygen atoms in total. The highest BCUT2D eigenvalue weighted by Crippen LogP contribution is 2.56. The minimum atomic E-state index is -0.648. The zero-order chi connectivity index (χ0) is 29.0. The van der Waals surface area contributed by atoms with Crippen molar-refractivity contribution in [1.82, 2.24) is 15.1 Å². The standard InChI is InChI=1S/C28H43N7O5/c1-4-20(36)24-28(5-2)16-18(32-3)15-17-8-9-21(23(40-24)22(17)28)39-27(38)35-13-11-34(12-14-35)25(37)19(29)7-6-10-33-26(30)31/h8-9,18-19,24,32H,4-7,10-16,29H2,1-3H3,(H4,30,31,33)/t18-,19+,24?,28+/m1/s1. The van der Waals surface area contributed by atoms with E-state index in [9.17, 15) is 14.4 Å². The van der Waals surface area contributed by atoms with Crippen LogP contribution in [0.1, 0.15) is 57.1 Å². The predicted molar refractivity (Wildman–Crippen MR) is 151 cm³/mol. The van der Waals surface area contributed by atoms with Gasteiger partial charge in [-0.15, -0.1) is 0 Å². The van der Waals surface area contributed by atoms with Crippen LogP contribution in [0.25, 0.3) is 0 Å². The van der Waals surface area contributed by atoms with Gasteiger partial charge in [0.05, 0.1) is 6.04 Å². The van der Waals surface area contributed by atoms with Gasteiger partial charge in [-0.3, -0.25) is 14.6 Å². The first kappa shape index (κ1) is 29.6. The van der Waals surface area contributed by atoms with Crippen molar-refractivity contribution < 1.29 is 23.9 Å². The van der Waals surface area contributed by atoms with Crippen LogP contribution >= 0.6 is 0 Å². The van der Waals surface area contributed by atoms with E-state index in [1.54, 1.807) is 15.9 Å². The van der Waals surface area contributed by atoms with E-state index in [0.717, 1.165) is 30.4 Å². The van der Waals surface area contributed by atoms with Gasteiger partial charge in [-0.25, -0.2) is 4.79 Å². The summed E-state index contributed by atoms with van der Waals surface area (Å²) in [6, 6.07) is 3.34. The van der Waals surface area contributed by atoms with Gasteiger partial charge in [0.2, 0.25) is 5.91 Å². The summed E-state index contributed by atoms with van der Waals surface area (Å²) >= 11 is 0. The number of piperazine rings is 1. The summed E-state index contributed by atoms with van der Waals surface area (Å²) in [5.41, 5.74) is 18.4. The first-order chi connectivity index (χ1) is 19.1. The quantitative estimate of drug-likeness (QED) is 0.182. The van der Waals surface area contributed by atoms with E-state index in [-0.39, 0.29) is 23.7 Å². The van der Waals surface area contributed by atoms with Crippen LogP contribution in [-0.2, 0) is 21.4 Å². The number of hydrogen-bond acceptors (Lipinski definition) is 8. The average molecular weight is 558 g/mol. The molecule has 0 saturated carbocycles. The van der Waals surface area contributed by atoms with Gasteiger partial charge in [0.15, 0.2) is 29.3 Å². The number of guanidine groups is 1.